The number of ether oxygens (including phenoxy) is 1. The number of carbonyl (C=O) groups excluding carboxylic acids is 1. The maximum Gasteiger partial charge on any atom is 0.338 e. The number of hydrogen-bond donors (Lipinski definition) is 0. The first-order chi connectivity index (χ1) is 18.7. The number of aryl methyl sites for hydroxylation is 1. The summed E-state index contributed by atoms with van der Waals surface area (Å²) in [7, 11) is -2.61. The van der Waals surface area contributed by atoms with Crippen molar-refractivity contribution < 1.29 is 22.9 Å². The van der Waals surface area contributed by atoms with E-state index in [0.717, 1.165) is 48.8 Å². The van der Waals surface area contributed by atoms with Crippen LogP contribution in [-0.2, 0) is 21.3 Å². The van der Waals surface area contributed by atoms with Crippen molar-refractivity contribution in [3.63, 3.8) is 0 Å². The Kier molecular flexibility index (Phi) is 9.14. The topological polar surface area (TPSA) is 107 Å². The van der Waals surface area contributed by atoms with Crippen molar-refractivity contribution >= 4 is 21.7 Å². The molecule has 0 spiro atoms. The van der Waals surface area contributed by atoms with Crippen LogP contribution in [0.3, 0.4) is 0 Å². The van der Waals surface area contributed by atoms with Crippen molar-refractivity contribution in [3.8, 4) is 11.1 Å². The lowest BCUT2D eigenvalue weighted by atomic mass is 9.87. The molecule has 3 aromatic rings. The highest BCUT2D eigenvalue weighted by molar-refractivity contribution is 7.89. The third kappa shape index (κ3) is 6.72. The van der Waals surface area contributed by atoms with E-state index < -0.39 is 20.9 Å². The third-order valence-corrected chi connectivity index (χ3v) is 9.34. The standard InChI is InChI=1S/C30H34N2O6S/c1-22-8-6-7-11-27(22)29-20-24(12-17-28(29)30(33)38-2)21-31(19-18-23-9-4-3-5-10-23)39(36,37)26-15-13-25(14-16-26)32(34)35/h6-8,11-17,20,23H,3-5,9-10,18-19,21H2,1-2H3. The van der Waals surface area contributed by atoms with Crippen molar-refractivity contribution in [2.24, 2.45) is 5.92 Å². The van der Waals surface area contributed by atoms with Gasteiger partial charge in [-0.05, 0) is 65.8 Å². The van der Waals surface area contributed by atoms with Crippen molar-refractivity contribution in [1.29, 1.82) is 0 Å². The fourth-order valence-corrected chi connectivity index (χ4v) is 6.70. The van der Waals surface area contributed by atoms with Crippen LogP contribution in [0.2, 0.25) is 0 Å². The molecule has 0 N–H and O–H groups in total. The summed E-state index contributed by atoms with van der Waals surface area (Å²) in [4.78, 5) is 23.1. The largest absolute Gasteiger partial charge is 0.465 e. The second-order valence-electron chi connectivity index (χ2n) is 10.1. The minimum atomic E-state index is -3.94. The lowest BCUT2D eigenvalue weighted by molar-refractivity contribution is -0.384. The monoisotopic (exact) mass is 550 g/mol. The van der Waals surface area contributed by atoms with Gasteiger partial charge in [0.25, 0.3) is 5.69 Å². The van der Waals surface area contributed by atoms with E-state index in [-0.39, 0.29) is 17.1 Å². The number of rotatable bonds is 10. The van der Waals surface area contributed by atoms with Crippen molar-refractivity contribution in [2.75, 3.05) is 13.7 Å². The van der Waals surface area contributed by atoms with Gasteiger partial charge in [-0.25, -0.2) is 13.2 Å². The van der Waals surface area contributed by atoms with Gasteiger partial charge >= 0.3 is 5.97 Å². The zero-order valence-corrected chi connectivity index (χ0v) is 23.2. The van der Waals surface area contributed by atoms with E-state index in [2.05, 4.69) is 0 Å². The smallest absolute Gasteiger partial charge is 0.338 e. The molecule has 39 heavy (non-hydrogen) atoms. The molecule has 1 fully saturated rings. The number of non-ortho nitro benzene ring substituents is 1. The Balaban J connectivity index is 1.71. The fraction of sp³-hybridized carbons (Fsp3) is 0.367. The Hall–Kier alpha value is -3.56. The minimum absolute atomic E-state index is 0.0158. The maximum atomic E-state index is 13.8. The number of hydrogen-bond acceptors (Lipinski definition) is 6. The van der Waals surface area contributed by atoms with E-state index in [0.29, 0.717) is 23.6 Å². The average Bonchev–Trinajstić information content (AvgIpc) is 2.95. The van der Waals surface area contributed by atoms with Gasteiger partial charge < -0.3 is 4.74 Å². The Morgan fingerprint density at radius 2 is 1.69 bits per heavy atom. The highest BCUT2D eigenvalue weighted by Crippen LogP contribution is 2.31. The van der Waals surface area contributed by atoms with Gasteiger partial charge in [-0.1, -0.05) is 62.4 Å². The first kappa shape index (κ1) is 28.4. The summed E-state index contributed by atoms with van der Waals surface area (Å²) in [6, 6.07) is 18.0. The molecule has 0 saturated heterocycles. The van der Waals surface area contributed by atoms with Gasteiger partial charge in [-0.3, -0.25) is 10.1 Å². The van der Waals surface area contributed by atoms with E-state index in [1.807, 2.05) is 37.3 Å². The van der Waals surface area contributed by atoms with Crippen LogP contribution in [0.1, 0.15) is 60.0 Å². The van der Waals surface area contributed by atoms with E-state index in [1.54, 1.807) is 12.1 Å². The van der Waals surface area contributed by atoms with Crippen LogP contribution in [0, 0.1) is 23.0 Å². The molecule has 0 heterocycles. The molecule has 4 rings (SSSR count). The molecule has 206 valence electrons. The van der Waals surface area contributed by atoms with E-state index >= 15 is 0 Å². The second kappa shape index (κ2) is 12.5. The summed E-state index contributed by atoms with van der Waals surface area (Å²) in [6.45, 7) is 2.40. The van der Waals surface area contributed by atoms with Gasteiger partial charge in [0.2, 0.25) is 10.0 Å². The highest BCUT2D eigenvalue weighted by Gasteiger charge is 2.27. The van der Waals surface area contributed by atoms with Crippen LogP contribution in [0.15, 0.2) is 71.6 Å². The third-order valence-electron chi connectivity index (χ3n) is 7.48. The zero-order chi connectivity index (χ0) is 28.0. The van der Waals surface area contributed by atoms with Crippen LogP contribution >= 0.6 is 0 Å². The molecule has 0 aliphatic heterocycles. The summed E-state index contributed by atoms with van der Waals surface area (Å²) in [5.74, 6) is 0.00463. The van der Waals surface area contributed by atoms with Gasteiger partial charge in [0, 0.05) is 25.2 Å². The predicted octanol–water partition coefficient (Wildman–Crippen LogP) is 6.52. The Morgan fingerprint density at radius 3 is 2.33 bits per heavy atom. The SMILES string of the molecule is COC(=O)c1ccc(CN(CCC2CCCCC2)S(=O)(=O)c2ccc([N+](=O)[O-])cc2)cc1-c1ccccc1C. The Bertz CT molecular complexity index is 1430. The molecule has 0 amide bonds. The second-order valence-corrected chi connectivity index (χ2v) is 12.0. The molecule has 0 unspecified atom stereocenters. The summed E-state index contributed by atoms with van der Waals surface area (Å²) in [5, 5.41) is 11.1. The van der Waals surface area contributed by atoms with Crippen molar-refractivity contribution in [3.05, 3.63) is 93.5 Å². The normalized spacial score (nSPS) is 14.3. The van der Waals surface area contributed by atoms with Crippen molar-refractivity contribution in [1.82, 2.24) is 4.31 Å². The number of nitro groups is 1. The number of nitro benzene ring substituents is 1. The summed E-state index contributed by atoms with van der Waals surface area (Å²) >= 11 is 0. The number of nitrogens with zero attached hydrogens (tertiary/aromatic N) is 2. The van der Waals surface area contributed by atoms with Crippen LogP contribution in [0.4, 0.5) is 5.69 Å². The van der Waals surface area contributed by atoms with E-state index in [9.17, 15) is 23.3 Å². The number of methoxy groups -OCH3 is 1. The molecular weight excluding hydrogens is 516 g/mol. The lowest BCUT2D eigenvalue weighted by Crippen LogP contribution is -2.33. The minimum Gasteiger partial charge on any atom is -0.465 e. The lowest BCUT2D eigenvalue weighted by Gasteiger charge is -2.27. The number of esters is 1. The highest BCUT2D eigenvalue weighted by atomic mass is 32.2. The average molecular weight is 551 g/mol. The van der Waals surface area contributed by atoms with Gasteiger partial charge in [0.1, 0.15) is 0 Å². The first-order valence-electron chi connectivity index (χ1n) is 13.2. The van der Waals surface area contributed by atoms with E-state index in [1.165, 1.54) is 42.1 Å². The molecule has 1 aliphatic rings. The molecule has 0 aromatic heterocycles. The number of sulfonamides is 1. The molecule has 8 nitrogen and oxygen atoms in total. The number of benzene rings is 3. The Morgan fingerprint density at radius 1 is 1.00 bits per heavy atom. The van der Waals surface area contributed by atoms with Gasteiger partial charge in [-0.15, -0.1) is 0 Å². The summed E-state index contributed by atoms with van der Waals surface area (Å²) < 4.78 is 34.1. The molecule has 3 aromatic carbocycles. The van der Waals surface area contributed by atoms with Crippen molar-refractivity contribution in [2.45, 2.75) is 56.9 Å². The number of carbonyl (C=O) groups is 1. The van der Waals surface area contributed by atoms with Gasteiger partial charge in [0.05, 0.1) is 22.5 Å². The molecular formula is C30H34N2O6S. The quantitative estimate of drug-likeness (QED) is 0.162. The molecule has 0 radical (unpaired) electrons. The molecule has 1 aliphatic carbocycles. The van der Waals surface area contributed by atoms with E-state index in [4.69, 9.17) is 4.74 Å². The Labute approximate surface area is 229 Å². The predicted molar refractivity (Wildman–Crippen MR) is 150 cm³/mol. The van der Waals surface area contributed by atoms with Crippen LogP contribution < -0.4 is 0 Å². The maximum absolute atomic E-state index is 13.8. The molecule has 9 heteroatoms. The zero-order valence-electron chi connectivity index (χ0n) is 22.3. The van der Waals surface area contributed by atoms with Crippen LogP contribution in [-0.4, -0.2) is 37.3 Å². The van der Waals surface area contributed by atoms with Gasteiger partial charge in [-0.2, -0.15) is 4.31 Å². The first-order valence-corrected chi connectivity index (χ1v) is 14.7. The van der Waals surface area contributed by atoms with Gasteiger partial charge in [0.15, 0.2) is 0 Å². The molecule has 0 bridgehead atoms. The molecule has 0 atom stereocenters. The molecule has 1 saturated carbocycles. The summed E-state index contributed by atoms with van der Waals surface area (Å²) in [5.41, 5.74) is 3.50. The summed E-state index contributed by atoms with van der Waals surface area (Å²) in [6.07, 6.45) is 6.48. The van der Waals surface area contributed by atoms with Crippen LogP contribution in [0.25, 0.3) is 11.1 Å². The van der Waals surface area contributed by atoms with Crippen LogP contribution in [0.5, 0.6) is 0 Å². The fourth-order valence-electron chi connectivity index (χ4n) is 5.25.